The van der Waals surface area contributed by atoms with E-state index >= 15 is 0 Å². The van der Waals surface area contributed by atoms with Gasteiger partial charge >= 0.3 is 0 Å². The summed E-state index contributed by atoms with van der Waals surface area (Å²) in [5, 5.41) is 0. The van der Waals surface area contributed by atoms with E-state index in [9.17, 15) is 0 Å². The Hall–Kier alpha value is -0.249. The highest BCUT2D eigenvalue weighted by molar-refractivity contribution is 6.40. The van der Waals surface area contributed by atoms with Gasteiger partial charge in [0.2, 0.25) is 9.92 Å². The second kappa shape index (κ2) is 7.10. The van der Waals surface area contributed by atoms with Crippen LogP contribution in [0.25, 0.3) is 0 Å². The van der Waals surface area contributed by atoms with E-state index in [1.165, 1.54) is 5.56 Å². The van der Waals surface area contributed by atoms with E-state index in [1.54, 1.807) is 0 Å². The van der Waals surface area contributed by atoms with Crippen LogP contribution in [0, 0.1) is 0 Å². The summed E-state index contributed by atoms with van der Waals surface area (Å²) < 4.78 is 10.5. The van der Waals surface area contributed by atoms with Gasteiger partial charge in [0.1, 0.15) is 10.5 Å². The lowest BCUT2D eigenvalue weighted by Gasteiger charge is -2.13. The molecule has 0 saturated carbocycles. The van der Waals surface area contributed by atoms with Crippen LogP contribution < -0.4 is 4.98 Å². The number of hydrogen-bond donors (Lipinski definition) is 1. The topological polar surface area (TPSA) is 30.5 Å². The van der Waals surface area contributed by atoms with Crippen molar-refractivity contribution in [3.63, 3.8) is 0 Å². The summed E-state index contributed by atoms with van der Waals surface area (Å²) >= 11 is 0. The third-order valence-corrected chi connectivity index (χ3v) is 5.20. The number of hydrogen-bond acceptors (Lipinski definition) is 3. The Balaban J connectivity index is 2.25. The Morgan fingerprint density at radius 3 is 2.71 bits per heavy atom. The van der Waals surface area contributed by atoms with Crippen molar-refractivity contribution in [2.75, 3.05) is 0 Å². The predicted octanol–water partition coefficient (Wildman–Crippen LogP) is -1.35. The van der Waals surface area contributed by atoms with Crippen molar-refractivity contribution in [2.45, 2.75) is 13.0 Å². The van der Waals surface area contributed by atoms with Crippen molar-refractivity contribution in [1.82, 2.24) is 4.98 Å². The lowest BCUT2D eigenvalue weighted by atomic mass is 10.1. The fourth-order valence-electron chi connectivity index (χ4n) is 1.17. The van der Waals surface area contributed by atoms with Gasteiger partial charge in [0, 0.05) is 6.04 Å². The molecule has 78 valence electrons. The second-order valence-corrected chi connectivity index (χ2v) is 7.97. The predicted molar refractivity (Wildman–Crippen MR) is 67.2 cm³/mol. The summed E-state index contributed by atoms with van der Waals surface area (Å²) in [5.41, 5.74) is 1.32. The molecule has 6 heteroatoms. The van der Waals surface area contributed by atoms with Crippen LogP contribution >= 0.6 is 0 Å². The molecule has 3 nitrogen and oxygen atoms in total. The van der Waals surface area contributed by atoms with Crippen LogP contribution in [0.4, 0.5) is 0 Å². The van der Waals surface area contributed by atoms with Gasteiger partial charge in [-0.15, -0.1) is 0 Å². The van der Waals surface area contributed by atoms with Gasteiger partial charge in [-0.2, -0.15) is 0 Å². The molecule has 0 saturated heterocycles. The lowest BCUT2D eigenvalue weighted by Crippen LogP contribution is -2.27. The Morgan fingerprint density at radius 2 is 2.07 bits per heavy atom. The first-order chi connectivity index (χ1) is 6.84. The van der Waals surface area contributed by atoms with Crippen LogP contribution in [0.15, 0.2) is 30.3 Å². The Morgan fingerprint density at radius 1 is 1.36 bits per heavy atom. The second-order valence-electron chi connectivity index (χ2n) is 3.09. The molecule has 0 aliphatic rings. The monoisotopic (exact) mass is 243 g/mol. The van der Waals surface area contributed by atoms with Crippen molar-refractivity contribution in [3.05, 3.63) is 35.9 Å². The van der Waals surface area contributed by atoms with E-state index < -0.39 is 19.9 Å². The standard InChI is InChI=1S/C8H17NO2Si3/c1-7(9-13-11-14-10-12)8-5-3-2-4-6-8/h2-7,9H,13-14H2,1,12H3. The van der Waals surface area contributed by atoms with Gasteiger partial charge in [0.25, 0.3) is 10.0 Å². The average molecular weight is 243 g/mol. The quantitative estimate of drug-likeness (QED) is 0.495. The first kappa shape index (κ1) is 11.8. The molecule has 0 bridgehead atoms. The first-order valence-corrected chi connectivity index (χ1v) is 7.95. The maximum atomic E-state index is 5.45. The third kappa shape index (κ3) is 4.31. The van der Waals surface area contributed by atoms with Crippen LogP contribution in [0.3, 0.4) is 0 Å². The summed E-state index contributed by atoms with van der Waals surface area (Å²) in [6.45, 7) is 2.16. The normalized spacial score (nSPS) is 14.6. The molecule has 0 aliphatic carbocycles. The Labute approximate surface area is 92.8 Å². The first-order valence-electron chi connectivity index (χ1n) is 4.69. The van der Waals surface area contributed by atoms with Crippen LogP contribution in [0.1, 0.15) is 18.5 Å². The number of nitrogens with one attached hydrogen (secondary N) is 1. The minimum Gasteiger partial charge on any atom is -0.449 e. The molecular formula is C8H17NO2Si3. The highest BCUT2D eigenvalue weighted by atomic mass is 28.3. The Kier molecular flexibility index (Phi) is 5.99. The van der Waals surface area contributed by atoms with Crippen molar-refractivity contribution in [3.8, 4) is 0 Å². The maximum absolute atomic E-state index is 5.45. The van der Waals surface area contributed by atoms with E-state index in [4.69, 9.17) is 8.23 Å². The fourth-order valence-corrected chi connectivity index (χ4v) is 4.63. The Bertz CT molecular complexity index is 248. The summed E-state index contributed by atoms with van der Waals surface area (Å²) in [5.74, 6) is 0. The van der Waals surface area contributed by atoms with E-state index in [2.05, 4.69) is 36.2 Å². The van der Waals surface area contributed by atoms with Gasteiger partial charge in [-0.1, -0.05) is 30.3 Å². The third-order valence-electron chi connectivity index (χ3n) is 1.99. The van der Waals surface area contributed by atoms with Crippen LogP contribution in [-0.2, 0) is 8.23 Å². The molecule has 1 aromatic carbocycles. The average Bonchev–Trinajstić information content (AvgIpc) is 2.25. The molecule has 0 aliphatic heterocycles. The van der Waals surface area contributed by atoms with Gasteiger partial charge < -0.3 is 13.2 Å². The SMILES string of the molecule is CC(N[SiH2]O[SiH2]O[SiH3])c1ccccc1. The zero-order chi connectivity index (χ0) is 10.2. The minimum atomic E-state index is -0.640. The summed E-state index contributed by atoms with van der Waals surface area (Å²) in [7, 11) is -0.413. The molecule has 0 fully saturated rings. The molecule has 1 aromatic rings. The van der Waals surface area contributed by atoms with Crippen LogP contribution in [0.5, 0.6) is 0 Å². The summed E-state index contributed by atoms with van der Waals surface area (Å²) in [4.78, 5) is 3.42. The maximum Gasteiger partial charge on any atom is 0.283 e. The highest BCUT2D eigenvalue weighted by Crippen LogP contribution is 2.09. The molecule has 1 unspecified atom stereocenters. The lowest BCUT2D eigenvalue weighted by molar-refractivity contribution is 0.487. The molecule has 0 spiro atoms. The van der Waals surface area contributed by atoms with Crippen molar-refractivity contribution in [1.29, 1.82) is 0 Å². The van der Waals surface area contributed by atoms with Crippen LogP contribution in [-0.4, -0.2) is 30.4 Å². The summed E-state index contributed by atoms with van der Waals surface area (Å²) in [6, 6.07) is 10.8. The van der Waals surface area contributed by atoms with Crippen LogP contribution in [0.2, 0.25) is 0 Å². The molecule has 0 aromatic heterocycles. The molecule has 1 rings (SSSR count). The molecule has 0 heterocycles. The molecule has 14 heavy (non-hydrogen) atoms. The van der Waals surface area contributed by atoms with Gasteiger partial charge in [0.15, 0.2) is 0 Å². The molecule has 1 atom stereocenters. The van der Waals surface area contributed by atoms with Gasteiger partial charge in [-0.3, -0.25) is 0 Å². The van der Waals surface area contributed by atoms with Gasteiger partial charge in [0.05, 0.1) is 0 Å². The van der Waals surface area contributed by atoms with Gasteiger partial charge in [-0.05, 0) is 12.5 Å². The van der Waals surface area contributed by atoms with E-state index in [0.29, 0.717) is 6.04 Å². The molecule has 0 amide bonds. The highest BCUT2D eigenvalue weighted by Gasteiger charge is 2.02. The largest absolute Gasteiger partial charge is 0.449 e. The minimum absolute atomic E-state index is 0.394. The van der Waals surface area contributed by atoms with Gasteiger partial charge in [-0.25, -0.2) is 0 Å². The van der Waals surface area contributed by atoms with Crippen molar-refractivity contribution >= 4 is 30.4 Å². The zero-order valence-electron chi connectivity index (χ0n) is 8.69. The molecule has 0 radical (unpaired) electrons. The van der Waals surface area contributed by atoms with E-state index in [-0.39, 0.29) is 0 Å². The van der Waals surface area contributed by atoms with Crippen molar-refractivity contribution < 1.29 is 8.23 Å². The fraction of sp³-hybridized carbons (Fsp3) is 0.250. The number of rotatable bonds is 6. The summed E-state index contributed by atoms with van der Waals surface area (Å²) in [6.07, 6.45) is 0. The van der Waals surface area contributed by atoms with E-state index in [1.807, 2.05) is 6.07 Å². The van der Waals surface area contributed by atoms with Crippen molar-refractivity contribution in [2.24, 2.45) is 0 Å². The number of benzene rings is 1. The smallest absolute Gasteiger partial charge is 0.283 e. The molecule has 1 N–H and O–H groups in total. The molecular weight excluding hydrogens is 226 g/mol. The van der Waals surface area contributed by atoms with E-state index in [0.717, 1.165) is 10.5 Å². The zero-order valence-corrected chi connectivity index (χ0v) is 13.5.